The minimum atomic E-state index is -0.250. The maximum absolute atomic E-state index is 12.5. The normalized spacial score (nSPS) is 37.6. The van der Waals surface area contributed by atoms with Crippen molar-refractivity contribution >= 4 is 11.8 Å². The molecule has 1 aliphatic heterocycles. The van der Waals surface area contributed by atoms with Crippen LogP contribution in [-0.4, -0.2) is 24.5 Å². The van der Waals surface area contributed by atoms with Crippen molar-refractivity contribution in [1.82, 2.24) is 0 Å². The summed E-state index contributed by atoms with van der Waals surface area (Å²) in [6.07, 6.45) is 9.11. The van der Waals surface area contributed by atoms with Crippen molar-refractivity contribution in [3.63, 3.8) is 0 Å². The second-order valence-electron chi connectivity index (χ2n) is 9.97. The van der Waals surface area contributed by atoms with Crippen LogP contribution in [0, 0.1) is 23.2 Å². The SMILES string of the molecule is C=C[C@H]1CCC(=O)O[C@H]1COc1ccc2c(c1)CC[C@@H]1[C@@H]2CC[C@]2(C)C(=O)CC[C@@H]12. The van der Waals surface area contributed by atoms with Gasteiger partial charge in [0.2, 0.25) is 0 Å². The van der Waals surface area contributed by atoms with Gasteiger partial charge in [-0.1, -0.05) is 19.1 Å². The number of carbonyl (C=O) groups is 2. The van der Waals surface area contributed by atoms with Gasteiger partial charge in [0.25, 0.3) is 0 Å². The maximum atomic E-state index is 12.5. The van der Waals surface area contributed by atoms with Crippen LogP contribution in [0.3, 0.4) is 0 Å². The fourth-order valence-corrected chi connectivity index (χ4v) is 6.81. The van der Waals surface area contributed by atoms with Crippen molar-refractivity contribution < 1.29 is 19.1 Å². The molecule has 1 saturated heterocycles. The Morgan fingerprint density at radius 1 is 1.17 bits per heavy atom. The Bertz CT molecular complexity index is 874. The molecule has 1 aromatic rings. The van der Waals surface area contributed by atoms with E-state index in [1.807, 2.05) is 6.08 Å². The van der Waals surface area contributed by atoms with Gasteiger partial charge in [0.1, 0.15) is 24.2 Å². The summed E-state index contributed by atoms with van der Waals surface area (Å²) < 4.78 is 11.5. The van der Waals surface area contributed by atoms with Crippen LogP contribution in [0.2, 0.25) is 0 Å². The van der Waals surface area contributed by atoms with Crippen LogP contribution < -0.4 is 4.74 Å². The molecule has 0 amide bonds. The van der Waals surface area contributed by atoms with E-state index in [4.69, 9.17) is 9.47 Å². The van der Waals surface area contributed by atoms with Gasteiger partial charge in [-0.3, -0.25) is 9.59 Å². The summed E-state index contributed by atoms with van der Waals surface area (Å²) in [7, 11) is 0. The fourth-order valence-electron chi connectivity index (χ4n) is 6.81. The number of esters is 1. The predicted octanol–water partition coefficient (Wildman–Crippen LogP) is 5.00. The molecular weight excluding hydrogens is 376 g/mol. The number of aryl methyl sites for hydroxylation is 1. The summed E-state index contributed by atoms with van der Waals surface area (Å²) in [6, 6.07) is 6.51. The van der Waals surface area contributed by atoms with Crippen molar-refractivity contribution in [1.29, 1.82) is 0 Å². The van der Waals surface area contributed by atoms with Gasteiger partial charge in [-0.2, -0.15) is 0 Å². The molecule has 160 valence electrons. The molecule has 0 aromatic heterocycles. The molecular formula is C26H32O4. The highest BCUT2D eigenvalue weighted by Crippen LogP contribution is 2.59. The first kappa shape index (κ1) is 19.8. The zero-order valence-electron chi connectivity index (χ0n) is 17.9. The third-order valence-corrected chi connectivity index (χ3v) is 8.57. The molecule has 4 heteroatoms. The van der Waals surface area contributed by atoms with Crippen molar-refractivity contribution in [2.24, 2.45) is 23.2 Å². The average molecular weight is 409 g/mol. The fraction of sp³-hybridized carbons (Fsp3) is 0.615. The van der Waals surface area contributed by atoms with Crippen LogP contribution in [0.15, 0.2) is 30.9 Å². The number of ketones is 1. The van der Waals surface area contributed by atoms with E-state index in [-0.39, 0.29) is 23.4 Å². The Morgan fingerprint density at radius 3 is 2.87 bits per heavy atom. The molecule has 0 radical (unpaired) electrons. The largest absolute Gasteiger partial charge is 0.490 e. The molecule has 0 unspecified atom stereocenters. The quantitative estimate of drug-likeness (QED) is 0.520. The molecule has 2 saturated carbocycles. The first-order valence-electron chi connectivity index (χ1n) is 11.6. The minimum Gasteiger partial charge on any atom is -0.490 e. The lowest BCUT2D eigenvalue weighted by molar-refractivity contribution is -0.158. The molecule has 1 heterocycles. The van der Waals surface area contributed by atoms with E-state index in [9.17, 15) is 9.59 Å². The van der Waals surface area contributed by atoms with Gasteiger partial charge in [-0.15, -0.1) is 6.58 Å². The molecule has 5 rings (SSSR count). The number of benzene rings is 1. The van der Waals surface area contributed by atoms with E-state index < -0.39 is 0 Å². The van der Waals surface area contributed by atoms with E-state index in [0.29, 0.717) is 36.6 Å². The van der Waals surface area contributed by atoms with Crippen LogP contribution in [-0.2, 0) is 20.7 Å². The van der Waals surface area contributed by atoms with Gasteiger partial charge in [-0.25, -0.2) is 0 Å². The third-order valence-electron chi connectivity index (χ3n) is 8.57. The Kier molecular flexibility index (Phi) is 4.99. The summed E-state index contributed by atoms with van der Waals surface area (Å²) in [6.45, 7) is 6.47. The molecule has 3 aliphatic carbocycles. The van der Waals surface area contributed by atoms with Gasteiger partial charge in [0.05, 0.1) is 0 Å². The van der Waals surface area contributed by atoms with Gasteiger partial charge in [0.15, 0.2) is 0 Å². The molecule has 0 spiro atoms. The van der Waals surface area contributed by atoms with Gasteiger partial charge >= 0.3 is 5.97 Å². The predicted molar refractivity (Wildman–Crippen MR) is 114 cm³/mol. The number of rotatable bonds is 4. The molecule has 4 aliphatic rings. The van der Waals surface area contributed by atoms with E-state index in [1.165, 1.54) is 17.5 Å². The highest BCUT2D eigenvalue weighted by Gasteiger charge is 2.54. The number of hydrogen-bond acceptors (Lipinski definition) is 4. The number of carbonyl (C=O) groups excluding carboxylic acids is 2. The van der Waals surface area contributed by atoms with E-state index in [2.05, 4.69) is 31.7 Å². The van der Waals surface area contributed by atoms with E-state index >= 15 is 0 Å². The van der Waals surface area contributed by atoms with Crippen molar-refractivity contribution in [3.05, 3.63) is 42.0 Å². The van der Waals surface area contributed by atoms with Gasteiger partial charge in [-0.05, 0) is 79.5 Å². The van der Waals surface area contributed by atoms with Crippen molar-refractivity contribution in [3.8, 4) is 5.75 Å². The topological polar surface area (TPSA) is 52.6 Å². The van der Waals surface area contributed by atoms with Crippen LogP contribution >= 0.6 is 0 Å². The zero-order valence-corrected chi connectivity index (χ0v) is 17.9. The Hall–Kier alpha value is -2.10. The smallest absolute Gasteiger partial charge is 0.306 e. The Balaban J connectivity index is 1.30. The lowest BCUT2D eigenvalue weighted by Gasteiger charge is -2.48. The zero-order chi connectivity index (χ0) is 20.9. The second kappa shape index (κ2) is 7.55. The number of fused-ring (bicyclic) bond motifs is 5. The lowest BCUT2D eigenvalue weighted by Crippen LogP contribution is -2.42. The first-order chi connectivity index (χ1) is 14.5. The molecule has 0 N–H and O–H groups in total. The summed E-state index contributed by atoms with van der Waals surface area (Å²) in [5.41, 5.74) is 2.79. The highest BCUT2D eigenvalue weighted by atomic mass is 16.6. The van der Waals surface area contributed by atoms with Gasteiger partial charge < -0.3 is 9.47 Å². The third kappa shape index (κ3) is 3.19. The average Bonchev–Trinajstić information content (AvgIpc) is 3.06. The van der Waals surface area contributed by atoms with Crippen molar-refractivity contribution in [2.45, 2.75) is 70.3 Å². The molecule has 6 atom stereocenters. The molecule has 30 heavy (non-hydrogen) atoms. The Labute approximate surface area is 179 Å². The number of hydrogen-bond donors (Lipinski definition) is 0. The Morgan fingerprint density at radius 2 is 2.03 bits per heavy atom. The summed E-state index contributed by atoms with van der Waals surface area (Å²) in [5.74, 6) is 3.15. The van der Waals surface area contributed by atoms with Crippen LogP contribution in [0.4, 0.5) is 0 Å². The summed E-state index contributed by atoms with van der Waals surface area (Å²) in [4.78, 5) is 24.2. The van der Waals surface area contributed by atoms with Crippen LogP contribution in [0.5, 0.6) is 5.75 Å². The maximum Gasteiger partial charge on any atom is 0.306 e. The van der Waals surface area contributed by atoms with Crippen LogP contribution in [0.25, 0.3) is 0 Å². The lowest BCUT2D eigenvalue weighted by atomic mass is 9.55. The first-order valence-corrected chi connectivity index (χ1v) is 11.6. The second-order valence-corrected chi connectivity index (χ2v) is 9.97. The molecule has 4 nitrogen and oxygen atoms in total. The van der Waals surface area contributed by atoms with E-state index in [0.717, 1.165) is 44.3 Å². The molecule has 3 fully saturated rings. The summed E-state index contributed by atoms with van der Waals surface area (Å²) in [5, 5.41) is 0. The number of cyclic esters (lactones) is 1. The minimum absolute atomic E-state index is 0.0686. The number of ether oxygens (including phenoxy) is 2. The molecule has 0 bridgehead atoms. The standard InChI is InChI=1S/C26H32O4/c1-3-16-5-11-25(28)30-23(16)15-29-18-6-8-19-17(14-18)4-7-21-20(19)12-13-26(2)22(21)9-10-24(26)27/h3,6,8,14,16,20-23H,1,4-5,7,9-13,15H2,2H3/t16-,20+,21+,22-,23-,26-/m0/s1. The van der Waals surface area contributed by atoms with Crippen molar-refractivity contribution in [2.75, 3.05) is 6.61 Å². The monoisotopic (exact) mass is 408 g/mol. The van der Waals surface area contributed by atoms with Gasteiger partial charge in [0, 0.05) is 24.2 Å². The van der Waals surface area contributed by atoms with E-state index in [1.54, 1.807) is 0 Å². The molecule has 1 aromatic carbocycles. The number of Topliss-reactive ketones (excluding diaryl/α,β-unsaturated/α-hetero) is 1. The van der Waals surface area contributed by atoms with Crippen LogP contribution in [0.1, 0.15) is 68.9 Å². The highest BCUT2D eigenvalue weighted by molar-refractivity contribution is 5.87. The summed E-state index contributed by atoms with van der Waals surface area (Å²) >= 11 is 0.